The first kappa shape index (κ1) is 12.3. The van der Waals surface area contributed by atoms with Crippen LogP contribution in [0.2, 0.25) is 0 Å². The number of sulfone groups is 1. The molecule has 2 saturated heterocycles. The normalized spacial score (nSPS) is 35.3. The van der Waals surface area contributed by atoms with Gasteiger partial charge in [0.05, 0.1) is 11.5 Å². The highest BCUT2D eigenvalue weighted by Crippen LogP contribution is 2.16. The largest absolute Gasteiger partial charge is 0.313 e. The van der Waals surface area contributed by atoms with Gasteiger partial charge in [-0.3, -0.25) is 0 Å². The van der Waals surface area contributed by atoms with E-state index in [0.717, 1.165) is 19.5 Å². The molecule has 0 bridgehead atoms. The molecule has 2 aliphatic heterocycles. The van der Waals surface area contributed by atoms with Crippen molar-refractivity contribution in [3.05, 3.63) is 0 Å². The summed E-state index contributed by atoms with van der Waals surface area (Å²) in [7, 11) is -0.573. The minimum absolute atomic E-state index is 0.206. The van der Waals surface area contributed by atoms with E-state index in [2.05, 4.69) is 17.3 Å². The summed E-state index contributed by atoms with van der Waals surface area (Å²) in [6.07, 6.45) is 3.34. The van der Waals surface area contributed by atoms with Crippen LogP contribution in [0.5, 0.6) is 0 Å². The molecule has 0 aromatic rings. The molecule has 0 saturated carbocycles. The van der Waals surface area contributed by atoms with Gasteiger partial charge in [0.25, 0.3) is 0 Å². The molecule has 5 heteroatoms. The molecule has 2 unspecified atom stereocenters. The molecule has 2 heterocycles. The summed E-state index contributed by atoms with van der Waals surface area (Å²) in [6.45, 7) is 3.32. The van der Waals surface area contributed by atoms with Crippen LogP contribution >= 0.6 is 0 Å². The zero-order chi connectivity index (χ0) is 11.6. The van der Waals surface area contributed by atoms with Crippen molar-refractivity contribution < 1.29 is 8.42 Å². The molecule has 1 N–H and O–H groups in total. The van der Waals surface area contributed by atoms with E-state index in [4.69, 9.17) is 0 Å². The second kappa shape index (κ2) is 5.02. The van der Waals surface area contributed by atoms with Gasteiger partial charge in [0.1, 0.15) is 0 Å². The van der Waals surface area contributed by atoms with Crippen molar-refractivity contribution in [1.82, 2.24) is 10.2 Å². The summed E-state index contributed by atoms with van der Waals surface area (Å²) in [6, 6.07) is 0.206. The number of piperidine rings is 1. The Morgan fingerprint density at radius 1 is 1.38 bits per heavy atom. The molecule has 2 atom stereocenters. The Bertz CT molecular complexity index is 329. The van der Waals surface area contributed by atoms with Crippen molar-refractivity contribution in [3.63, 3.8) is 0 Å². The molecular weight excluding hydrogens is 224 g/mol. The van der Waals surface area contributed by atoms with E-state index in [1.165, 1.54) is 19.4 Å². The average Bonchev–Trinajstić information content (AvgIpc) is 2.56. The lowest BCUT2D eigenvalue weighted by molar-refractivity contribution is 0.203. The number of nitrogens with one attached hydrogen (secondary N) is 1. The quantitative estimate of drug-likeness (QED) is 0.767. The Labute approximate surface area is 98.3 Å². The molecular formula is C11H22N2O2S. The van der Waals surface area contributed by atoms with Crippen LogP contribution in [0.25, 0.3) is 0 Å². The van der Waals surface area contributed by atoms with Crippen LogP contribution in [-0.2, 0) is 9.84 Å². The highest BCUT2D eigenvalue weighted by Gasteiger charge is 2.28. The topological polar surface area (TPSA) is 49.4 Å². The Hall–Kier alpha value is -0.130. The zero-order valence-corrected chi connectivity index (χ0v) is 10.8. The van der Waals surface area contributed by atoms with Crippen LogP contribution in [0.15, 0.2) is 0 Å². The van der Waals surface area contributed by atoms with Gasteiger partial charge in [-0.2, -0.15) is 0 Å². The fraction of sp³-hybridized carbons (Fsp3) is 1.00. The number of hydrogen-bond acceptors (Lipinski definition) is 4. The van der Waals surface area contributed by atoms with Crippen molar-refractivity contribution in [3.8, 4) is 0 Å². The minimum atomic E-state index is -2.73. The maximum Gasteiger partial charge on any atom is 0.151 e. The van der Waals surface area contributed by atoms with Crippen LogP contribution in [0.4, 0.5) is 0 Å². The molecule has 0 spiro atoms. The van der Waals surface area contributed by atoms with E-state index in [1.54, 1.807) is 0 Å². The van der Waals surface area contributed by atoms with Crippen LogP contribution in [0.3, 0.4) is 0 Å². The monoisotopic (exact) mass is 246 g/mol. The van der Waals surface area contributed by atoms with Crippen LogP contribution < -0.4 is 5.32 Å². The summed E-state index contributed by atoms with van der Waals surface area (Å²) in [4.78, 5) is 2.36. The molecule has 2 fully saturated rings. The number of hydrogen-bond donors (Lipinski definition) is 1. The highest BCUT2D eigenvalue weighted by molar-refractivity contribution is 7.91. The lowest BCUT2D eigenvalue weighted by Crippen LogP contribution is -2.40. The van der Waals surface area contributed by atoms with Gasteiger partial charge in [0, 0.05) is 12.6 Å². The predicted octanol–water partition coefficient (Wildman–Crippen LogP) is 0.105. The van der Waals surface area contributed by atoms with Crippen LogP contribution in [0, 0.1) is 5.92 Å². The maximum atomic E-state index is 11.3. The number of rotatable bonds is 3. The minimum Gasteiger partial charge on any atom is -0.313 e. The third-order valence-electron chi connectivity index (χ3n) is 3.65. The number of likely N-dealkylation sites (tertiary alicyclic amines) is 1. The molecule has 16 heavy (non-hydrogen) atoms. The van der Waals surface area contributed by atoms with Crippen molar-refractivity contribution in [2.24, 2.45) is 5.92 Å². The van der Waals surface area contributed by atoms with Gasteiger partial charge in [-0.1, -0.05) is 0 Å². The molecule has 0 aliphatic carbocycles. The second-order valence-corrected chi connectivity index (χ2v) is 7.51. The molecule has 2 rings (SSSR count). The summed E-state index contributed by atoms with van der Waals surface area (Å²) >= 11 is 0. The Kier molecular flexibility index (Phi) is 3.87. The van der Waals surface area contributed by atoms with Gasteiger partial charge in [-0.25, -0.2) is 8.42 Å². The number of nitrogens with zero attached hydrogens (tertiary/aromatic N) is 1. The van der Waals surface area contributed by atoms with E-state index in [9.17, 15) is 8.42 Å². The van der Waals surface area contributed by atoms with E-state index < -0.39 is 9.84 Å². The van der Waals surface area contributed by atoms with Gasteiger partial charge < -0.3 is 10.2 Å². The van der Waals surface area contributed by atoms with Crippen molar-refractivity contribution in [2.75, 3.05) is 38.2 Å². The maximum absolute atomic E-state index is 11.3. The van der Waals surface area contributed by atoms with Gasteiger partial charge in [0.2, 0.25) is 0 Å². The van der Waals surface area contributed by atoms with Gasteiger partial charge in [-0.05, 0) is 45.3 Å². The zero-order valence-electron chi connectivity index (χ0n) is 9.98. The Morgan fingerprint density at radius 3 is 2.81 bits per heavy atom. The van der Waals surface area contributed by atoms with E-state index >= 15 is 0 Å². The van der Waals surface area contributed by atoms with E-state index in [1.807, 2.05) is 0 Å². The first-order valence-electron chi connectivity index (χ1n) is 6.17. The summed E-state index contributed by atoms with van der Waals surface area (Å²) in [5.74, 6) is 1.41. The fourth-order valence-corrected chi connectivity index (χ4v) is 4.44. The third kappa shape index (κ3) is 3.43. The van der Waals surface area contributed by atoms with E-state index in [-0.39, 0.29) is 6.04 Å². The Balaban J connectivity index is 1.71. The van der Waals surface area contributed by atoms with Gasteiger partial charge in [0.15, 0.2) is 9.84 Å². The first-order chi connectivity index (χ1) is 7.55. The van der Waals surface area contributed by atoms with Crippen molar-refractivity contribution in [2.45, 2.75) is 25.3 Å². The molecule has 0 aromatic carbocycles. The van der Waals surface area contributed by atoms with Gasteiger partial charge in [-0.15, -0.1) is 0 Å². The molecule has 4 nitrogen and oxygen atoms in total. The van der Waals surface area contributed by atoms with Gasteiger partial charge >= 0.3 is 0 Å². The summed E-state index contributed by atoms with van der Waals surface area (Å²) in [5.41, 5.74) is 0. The van der Waals surface area contributed by atoms with Crippen molar-refractivity contribution in [1.29, 1.82) is 0 Å². The van der Waals surface area contributed by atoms with Crippen LogP contribution in [-0.4, -0.2) is 57.5 Å². The second-order valence-electron chi connectivity index (χ2n) is 5.28. The van der Waals surface area contributed by atoms with Crippen molar-refractivity contribution >= 4 is 9.84 Å². The molecule has 0 aromatic heterocycles. The third-order valence-corrected chi connectivity index (χ3v) is 5.42. The fourth-order valence-electron chi connectivity index (χ4n) is 2.73. The highest BCUT2D eigenvalue weighted by atomic mass is 32.2. The Morgan fingerprint density at radius 2 is 2.19 bits per heavy atom. The lowest BCUT2D eigenvalue weighted by Gasteiger charge is -2.30. The standard InChI is InChI=1S/C11H22N2O2S/c1-13-5-2-3-10(8-13)7-12-11-4-6-16(14,15)9-11/h10-12H,2-9H2,1H3. The first-order valence-corrected chi connectivity index (χ1v) is 8.00. The summed E-state index contributed by atoms with van der Waals surface area (Å²) < 4.78 is 22.6. The SMILES string of the molecule is CN1CCCC(CNC2CCS(=O)(=O)C2)C1. The molecule has 2 aliphatic rings. The predicted molar refractivity (Wildman–Crippen MR) is 65.3 cm³/mol. The molecule has 94 valence electrons. The molecule has 0 radical (unpaired) electrons. The summed E-state index contributed by atoms with van der Waals surface area (Å²) in [5, 5.41) is 3.42. The molecule has 0 amide bonds. The van der Waals surface area contributed by atoms with E-state index in [0.29, 0.717) is 17.4 Å². The van der Waals surface area contributed by atoms with Crippen LogP contribution in [0.1, 0.15) is 19.3 Å². The average molecular weight is 246 g/mol. The lowest BCUT2D eigenvalue weighted by atomic mass is 9.98. The smallest absolute Gasteiger partial charge is 0.151 e.